The van der Waals surface area contributed by atoms with Crippen molar-refractivity contribution in [1.82, 2.24) is 10.6 Å². The molecule has 1 atom stereocenters. The minimum Gasteiger partial charge on any atom is -0.484 e. The predicted octanol–water partition coefficient (Wildman–Crippen LogP) is 4.08. The van der Waals surface area contributed by atoms with Gasteiger partial charge in [0.25, 0.3) is 5.91 Å². The first-order chi connectivity index (χ1) is 14.8. The van der Waals surface area contributed by atoms with Gasteiger partial charge < -0.3 is 15.4 Å². The number of benzene rings is 2. The third kappa shape index (κ3) is 4.54. The van der Waals surface area contributed by atoms with Gasteiger partial charge in [-0.25, -0.2) is 4.39 Å². The standard InChI is InChI=1S/C24H26ClFN2O3/c1-14-3-4-15(2)16(7-14)12-27-23(30)24-9-17(10-24)21(11-24)28-22(29)13-31-18-5-6-19(25)20(26)8-18/h3-8,17,21H,9-13H2,1-2H3,(H,27,30)(H,28,29). The molecule has 31 heavy (non-hydrogen) atoms. The molecule has 0 aromatic heterocycles. The number of halogens is 2. The second kappa shape index (κ2) is 8.50. The molecule has 2 bridgehead atoms. The Morgan fingerprint density at radius 1 is 1.16 bits per heavy atom. The molecule has 0 radical (unpaired) electrons. The van der Waals surface area contributed by atoms with Crippen LogP contribution >= 0.6 is 11.6 Å². The first-order valence-corrected chi connectivity index (χ1v) is 10.9. The Bertz CT molecular complexity index is 1020. The number of amides is 2. The summed E-state index contributed by atoms with van der Waals surface area (Å²) in [4.78, 5) is 25.2. The molecule has 3 aliphatic carbocycles. The Morgan fingerprint density at radius 3 is 2.68 bits per heavy atom. The van der Waals surface area contributed by atoms with Crippen LogP contribution in [-0.4, -0.2) is 24.5 Å². The molecule has 0 spiro atoms. The van der Waals surface area contributed by atoms with Gasteiger partial charge in [-0.05, 0) is 62.3 Å². The van der Waals surface area contributed by atoms with E-state index in [0.717, 1.165) is 30.0 Å². The molecule has 164 valence electrons. The number of ether oxygens (including phenoxy) is 1. The molecular weight excluding hydrogens is 419 g/mol. The van der Waals surface area contributed by atoms with Gasteiger partial charge in [-0.2, -0.15) is 0 Å². The second-order valence-electron chi connectivity index (χ2n) is 8.80. The molecule has 7 heteroatoms. The number of aryl methyl sites for hydroxylation is 2. The van der Waals surface area contributed by atoms with Gasteiger partial charge in [0, 0.05) is 18.7 Å². The lowest BCUT2D eigenvalue weighted by molar-refractivity contribution is -0.135. The third-order valence-electron chi connectivity index (χ3n) is 6.52. The van der Waals surface area contributed by atoms with Crippen molar-refractivity contribution in [1.29, 1.82) is 0 Å². The van der Waals surface area contributed by atoms with Crippen molar-refractivity contribution in [3.8, 4) is 5.75 Å². The zero-order valence-corrected chi connectivity index (χ0v) is 18.4. The molecule has 3 saturated carbocycles. The van der Waals surface area contributed by atoms with Gasteiger partial charge >= 0.3 is 0 Å². The maximum Gasteiger partial charge on any atom is 0.258 e. The summed E-state index contributed by atoms with van der Waals surface area (Å²) in [7, 11) is 0. The Morgan fingerprint density at radius 2 is 1.94 bits per heavy atom. The Labute approximate surface area is 186 Å². The average Bonchev–Trinajstić information content (AvgIpc) is 3.24. The minimum atomic E-state index is -0.593. The number of fused-ring (bicyclic) bond motifs is 1. The van der Waals surface area contributed by atoms with Gasteiger partial charge in [0.2, 0.25) is 5.91 Å². The van der Waals surface area contributed by atoms with Gasteiger partial charge in [-0.3, -0.25) is 9.59 Å². The van der Waals surface area contributed by atoms with Crippen LogP contribution in [0.2, 0.25) is 5.02 Å². The maximum absolute atomic E-state index is 13.5. The monoisotopic (exact) mass is 444 g/mol. The fourth-order valence-electron chi connectivity index (χ4n) is 4.75. The van der Waals surface area contributed by atoms with Crippen LogP contribution in [0.15, 0.2) is 36.4 Å². The van der Waals surface area contributed by atoms with Gasteiger partial charge in [0.1, 0.15) is 11.6 Å². The summed E-state index contributed by atoms with van der Waals surface area (Å²) in [5.74, 6) is -0.253. The molecule has 2 N–H and O–H groups in total. The van der Waals surface area contributed by atoms with E-state index in [1.807, 2.05) is 13.8 Å². The van der Waals surface area contributed by atoms with Crippen LogP contribution in [0, 0.1) is 31.0 Å². The first kappa shape index (κ1) is 21.6. The van der Waals surface area contributed by atoms with Crippen LogP contribution in [0.4, 0.5) is 4.39 Å². The quantitative estimate of drug-likeness (QED) is 0.676. The fourth-order valence-corrected chi connectivity index (χ4v) is 4.86. The number of carbonyl (C=O) groups excluding carboxylic acids is 2. The molecule has 5 rings (SSSR count). The summed E-state index contributed by atoms with van der Waals surface area (Å²) in [5, 5.41) is 6.07. The normalized spacial score (nSPS) is 23.7. The molecule has 3 aliphatic rings. The van der Waals surface area contributed by atoms with Crippen molar-refractivity contribution in [2.45, 2.75) is 45.7 Å². The van der Waals surface area contributed by atoms with E-state index in [0.29, 0.717) is 18.9 Å². The summed E-state index contributed by atoms with van der Waals surface area (Å²) in [5.41, 5.74) is 3.07. The van der Waals surface area contributed by atoms with Crippen molar-refractivity contribution >= 4 is 23.4 Å². The van der Waals surface area contributed by atoms with Crippen LogP contribution in [0.25, 0.3) is 0 Å². The number of rotatable bonds is 7. The van der Waals surface area contributed by atoms with Crippen molar-refractivity contribution in [2.75, 3.05) is 6.61 Å². The zero-order valence-electron chi connectivity index (χ0n) is 17.6. The molecule has 2 aromatic carbocycles. The Hall–Kier alpha value is -2.60. The lowest BCUT2D eigenvalue weighted by Gasteiger charge is -2.36. The lowest BCUT2D eigenvalue weighted by Crippen LogP contribution is -2.44. The van der Waals surface area contributed by atoms with Crippen LogP contribution in [0.3, 0.4) is 0 Å². The third-order valence-corrected chi connectivity index (χ3v) is 6.83. The van der Waals surface area contributed by atoms with Crippen molar-refractivity contribution in [2.24, 2.45) is 11.3 Å². The predicted molar refractivity (Wildman–Crippen MR) is 116 cm³/mol. The van der Waals surface area contributed by atoms with Crippen LogP contribution < -0.4 is 15.4 Å². The molecule has 0 saturated heterocycles. The Kier molecular flexibility index (Phi) is 5.93. The van der Waals surface area contributed by atoms with Gasteiger partial charge in [-0.15, -0.1) is 0 Å². The summed E-state index contributed by atoms with van der Waals surface area (Å²) in [6, 6.07) is 10.2. The van der Waals surface area contributed by atoms with E-state index >= 15 is 0 Å². The highest BCUT2D eigenvalue weighted by atomic mass is 35.5. The van der Waals surface area contributed by atoms with E-state index in [9.17, 15) is 14.0 Å². The van der Waals surface area contributed by atoms with Gasteiger partial charge in [-0.1, -0.05) is 35.4 Å². The van der Waals surface area contributed by atoms with E-state index < -0.39 is 5.82 Å². The molecule has 3 fully saturated rings. The van der Waals surface area contributed by atoms with Crippen molar-refractivity contribution < 1.29 is 18.7 Å². The van der Waals surface area contributed by atoms with Crippen LogP contribution in [0.1, 0.15) is 36.0 Å². The van der Waals surface area contributed by atoms with E-state index in [1.165, 1.54) is 17.7 Å². The smallest absolute Gasteiger partial charge is 0.258 e. The van der Waals surface area contributed by atoms with Gasteiger partial charge in [0.15, 0.2) is 6.61 Å². The highest BCUT2D eigenvalue weighted by Crippen LogP contribution is 2.58. The van der Waals surface area contributed by atoms with Gasteiger partial charge in [0.05, 0.1) is 10.4 Å². The second-order valence-corrected chi connectivity index (χ2v) is 9.21. The number of hydrogen-bond donors (Lipinski definition) is 2. The highest BCUT2D eigenvalue weighted by molar-refractivity contribution is 6.30. The van der Waals surface area contributed by atoms with Crippen molar-refractivity contribution in [3.63, 3.8) is 0 Å². The molecule has 5 nitrogen and oxygen atoms in total. The van der Waals surface area contributed by atoms with E-state index in [2.05, 4.69) is 28.8 Å². The first-order valence-electron chi connectivity index (χ1n) is 10.5. The molecule has 0 heterocycles. The zero-order chi connectivity index (χ0) is 22.2. The summed E-state index contributed by atoms with van der Waals surface area (Å²) in [6.07, 6.45) is 2.22. The van der Waals surface area contributed by atoms with E-state index in [-0.39, 0.29) is 40.7 Å². The Balaban J connectivity index is 1.26. The number of nitrogens with one attached hydrogen (secondary N) is 2. The SMILES string of the molecule is Cc1ccc(C)c(CNC(=O)C23CC(C2)C(NC(=O)COc2ccc(Cl)c(F)c2)C3)c1. The highest BCUT2D eigenvalue weighted by Gasteiger charge is 2.60. The lowest BCUT2D eigenvalue weighted by atomic mass is 9.69. The summed E-state index contributed by atoms with van der Waals surface area (Å²) in [6.45, 7) is 4.38. The molecular formula is C24H26ClFN2O3. The number of hydrogen-bond acceptors (Lipinski definition) is 3. The van der Waals surface area contributed by atoms with Crippen LogP contribution in [0.5, 0.6) is 5.75 Å². The van der Waals surface area contributed by atoms with E-state index in [4.69, 9.17) is 16.3 Å². The topological polar surface area (TPSA) is 67.4 Å². The molecule has 1 unspecified atom stereocenters. The van der Waals surface area contributed by atoms with Crippen molar-refractivity contribution in [3.05, 3.63) is 63.9 Å². The summed E-state index contributed by atoms with van der Waals surface area (Å²) >= 11 is 5.65. The molecule has 0 aliphatic heterocycles. The number of carbonyl (C=O) groups is 2. The molecule has 2 amide bonds. The largest absolute Gasteiger partial charge is 0.484 e. The minimum absolute atomic E-state index is 0.00339. The fraction of sp³-hybridized carbons (Fsp3) is 0.417. The van der Waals surface area contributed by atoms with E-state index in [1.54, 1.807) is 0 Å². The maximum atomic E-state index is 13.5. The van der Waals surface area contributed by atoms with Crippen LogP contribution in [-0.2, 0) is 16.1 Å². The average molecular weight is 445 g/mol. The molecule has 2 aromatic rings. The summed E-state index contributed by atoms with van der Waals surface area (Å²) < 4.78 is 18.8.